The van der Waals surface area contributed by atoms with Gasteiger partial charge in [0.2, 0.25) is 0 Å². The van der Waals surface area contributed by atoms with Crippen LogP contribution in [-0.4, -0.2) is 5.91 Å². The summed E-state index contributed by atoms with van der Waals surface area (Å²) in [5.41, 5.74) is 7.38. The largest absolute Gasteiger partial charge is 0.449 e. The van der Waals surface area contributed by atoms with Crippen LogP contribution in [0.5, 0.6) is 5.75 Å². The van der Waals surface area contributed by atoms with E-state index in [1.165, 1.54) is 22.3 Å². The third-order valence-electron chi connectivity index (χ3n) is 4.05. The lowest BCUT2D eigenvalue weighted by Gasteiger charge is -2.30. The van der Waals surface area contributed by atoms with E-state index >= 15 is 0 Å². The van der Waals surface area contributed by atoms with Gasteiger partial charge < -0.3 is 10.5 Å². The number of amides is 1. The number of nitrogens with two attached hydrogens (primary N) is 1. The second kappa shape index (κ2) is 6.65. The van der Waals surface area contributed by atoms with Gasteiger partial charge in [0, 0.05) is 28.3 Å². The van der Waals surface area contributed by atoms with E-state index in [1.807, 2.05) is 17.5 Å². The second-order valence-corrected chi connectivity index (χ2v) is 6.82. The van der Waals surface area contributed by atoms with Crippen molar-refractivity contribution in [1.82, 2.24) is 0 Å². The van der Waals surface area contributed by atoms with Crippen LogP contribution in [-0.2, 0) is 11.3 Å². The Balaban J connectivity index is 1.78. The van der Waals surface area contributed by atoms with Crippen molar-refractivity contribution in [2.45, 2.75) is 6.54 Å². The van der Waals surface area contributed by atoms with Crippen molar-refractivity contribution in [3.8, 4) is 5.75 Å². The number of carbonyl (C=O) groups is 1. The highest BCUT2D eigenvalue weighted by Gasteiger charge is 2.31. The molecule has 0 fully saturated rings. The van der Waals surface area contributed by atoms with E-state index in [0.29, 0.717) is 22.7 Å². The van der Waals surface area contributed by atoms with Crippen LogP contribution in [0.4, 0.5) is 15.8 Å². The Hall–Kier alpha value is -3.12. The molecule has 130 valence electrons. The Labute approximate surface area is 153 Å². The summed E-state index contributed by atoms with van der Waals surface area (Å²) in [5, 5.41) is 1.92. The van der Waals surface area contributed by atoms with Crippen molar-refractivity contribution in [1.29, 1.82) is 0 Å². The van der Waals surface area contributed by atoms with E-state index in [0.717, 1.165) is 4.88 Å². The van der Waals surface area contributed by atoms with Gasteiger partial charge in [-0.1, -0.05) is 24.3 Å². The van der Waals surface area contributed by atoms with Crippen molar-refractivity contribution >= 4 is 34.7 Å². The van der Waals surface area contributed by atoms with Gasteiger partial charge in [-0.15, -0.1) is 11.3 Å². The topological polar surface area (TPSA) is 55.6 Å². The predicted octanol–water partition coefficient (Wildman–Crippen LogP) is 4.44. The number of anilines is 2. The first kappa shape index (κ1) is 16.4. The van der Waals surface area contributed by atoms with Crippen molar-refractivity contribution in [2.75, 3.05) is 10.6 Å². The maximum atomic E-state index is 14.1. The third kappa shape index (κ3) is 3.07. The standard InChI is InChI=1S/C20H15FN2O2S/c21-16-6-2-1-4-13(16)12-23-17-8-7-14(22)10-18(17)25-19(20(23)24)11-15-5-3-9-26-15/h1-11H,12,22H2/b19-11+. The molecule has 2 N–H and O–H groups in total. The summed E-state index contributed by atoms with van der Waals surface area (Å²) in [5.74, 6) is -0.0165. The average Bonchev–Trinajstić information content (AvgIpc) is 3.13. The smallest absolute Gasteiger partial charge is 0.294 e. The number of nitrogens with zero attached hydrogens (tertiary/aromatic N) is 1. The highest BCUT2D eigenvalue weighted by molar-refractivity contribution is 7.10. The second-order valence-electron chi connectivity index (χ2n) is 5.84. The molecule has 0 bridgehead atoms. The molecule has 4 nitrogen and oxygen atoms in total. The molecular formula is C20H15FN2O2S. The van der Waals surface area contributed by atoms with Crippen LogP contribution in [0.15, 0.2) is 65.7 Å². The molecule has 2 aromatic carbocycles. The lowest BCUT2D eigenvalue weighted by Crippen LogP contribution is -2.37. The van der Waals surface area contributed by atoms with Gasteiger partial charge >= 0.3 is 0 Å². The molecule has 0 atom stereocenters. The fourth-order valence-corrected chi connectivity index (χ4v) is 3.43. The fraction of sp³-hybridized carbons (Fsp3) is 0.0500. The first-order chi connectivity index (χ1) is 12.6. The Morgan fingerprint density at radius 2 is 2.00 bits per heavy atom. The zero-order valence-corrected chi connectivity index (χ0v) is 14.5. The zero-order valence-electron chi connectivity index (χ0n) is 13.7. The molecule has 1 aliphatic rings. The Bertz CT molecular complexity index is 999. The van der Waals surface area contributed by atoms with Crippen LogP contribution in [0, 0.1) is 5.82 Å². The summed E-state index contributed by atoms with van der Waals surface area (Å²) in [4.78, 5) is 15.4. The lowest BCUT2D eigenvalue weighted by atomic mass is 10.1. The molecule has 1 aliphatic heterocycles. The maximum Gasteiger partial charge on any atom is 0.294 e. The monoisotopic (exact) mass is 366 g/mol. The van der Waals surface area contributed by atoms with Crippen molar-refractivity contribution in [2.24, 2.45) is 0 Å². The number of thiophene rings is 1. The van der Waals surface area contributed by atoms with Crippen molar-refractivity contribution in [3.63, 3.8) is 0 Å². The van der Waals surface area contributed by atoms with Crippen LogP contribution in [0.2, 0.25) is 0 Å². The molecule has 26 heavy (non-hydrogen) atoms. The molecule has 0 spiro atoms. The Morgan fingerprint density at radius 1 is 1.15 bits per heavy atom. The van der Waals surface area contributed by atoms with E-state index in [4.69, 9.17) is 10.5 Å². The van der Waals surface area contributed by atoms with Crippen LogP contribution in [0.25, 0.3) is 6.08 Å². The number of ether oxygens (including phenoxy) is 1. The van der Waals surface area contributed by atoms with Gasteiger partial charge in [-0.3, -0.25) is 9.69 Å². The van der Waals surface area contributed by atoms with Crippen LogP contribution in [0.3, 0.4) is 0 Å². The average molecular weight is 366 g/mol. The summed E-state index contributed by atoms with van der Waals surface area (Å²) in [6, 6.07) is 15.3. The van der Waals surface area contributed by atoms with Crippen molar-refractivity contribution in [3.05, 3.63) is 82.0 Å². The number of benzene rings is 2. The number of halogens is 1. The maximum absolute atomic E-state index is 14.1. The van der Waals surface area contributed by atoms with Gasteiger partial charge in [-0.05, 0) is 29.6 Å². The number of hydrogen-bond acceptors (Lipinski definition) is 4. The molecule has 4 rings (SSSR count). The highest BCUT2D eigenvalue weighted by Crippen LogP contribution is 2.38. The number of nitrogen functional groups attached to an aromatic ring is 1. The Morgan fingerprint density at radius 3 is 2.77 bits per heavy atom. The van der Waals surface area contributed by atoms with E-state index < -0.39 is 0 Å². The van der Waals surface area contributed by atoms with Crippen LogP contribution < -0.4 is 15.4 Å². The molecular weight excluding hydrogens is 351 g/mol. The number of carbonyl (C=O) groups excluding carboxylic acids is 1. The molecule has 6 heteroatoms. The number of fused-ring (bicyclic) bond motifs is 1. The minimum Gasteiger partial charge on any atom is -0.449 e. The fourth-order valence-electron chi connectivity index (χ4n) is 2.79. The van der Waals surface area contributed by atoms with Gasteiger partial charge in [0.1, 0.15) is 5.82 Å². The molecule has 0 aliphatic carbocycles. The molecule has 0 radical (unpaired) electrons. The molecule has 0 saturated heterocycles. The molecule has 1 amide bonds. The van der Waals surface area contributed by atoms with Crippen LogP contribution >= 0.6 is 11.3 Å². The normalized spacial score (nSPS) is 15.0. The van der Waals surface area contributed by atoms with E-state index in [9.17, 15) is 9.18 Å². The predicted molar refractivity (Wildman–Crippen MR) is 101 cm³/mol. The quantitative estimate of drug-likeness (QED) is 0.551. The zero-order chi connectivity index (χ0) is 18.1. The van der Waals surface area contributed by atoms with E-state index in [2.05, 4.69) is 0 Å². The van der Waals surface area contributed by atoms with Gasteiger partial charge in [0.25, 0.3) is 5.91 Å². The first-order valence-corrected chi connectivity index (χ1v) is 8.87. The third-order valence-corrected chi connectivity index (χ3v) is 4.87. The molecule has 2 heterocycles. The summed E-state index contributed by atoms with van der Waals surface area (Å²) in [6.45, 7) is 0.105. The summed E-state index contributed by atoms with van der Waals surface area (Å²) in [7, 11) is 0. The van der Waals surface area contributed by atoms with Crippen molar-refractivity contribution < 1.29 is 13.9 Å². The van der Waals surface area contributed by atoms with Gasteiger partial charge in [-0.25, -0.2) is 4.39 Å². The van der Waals surface area contributed by atoms with Gasteiger partial charge in [-0.2, -0.15) is 0 Å². The van der Waals surface area contributed by atoms with Gasteiger partial charge in [0.15, 0.2) is 11.5 Å². The molecule has 3 aromatic rings. The lowest BCUT2D eigenvalue weighted by molar-refractivity contribution is -0.117. The summed E-state index contributed by atoms with van der Waals surface area (Å²) in [6.07, 6.45) is 1.69. The SMILES string of the molecule is Nc1ccc2c(c1)O/C(=C/c1cccs1)C(=O)N2Cc1ccccc1F. The molecule has 0 unspecified atom stereocenters. The minimum absolute atomic E-state index is 0.105. The summed E-state index contributed by atoms with van der Waals surface area (Å²) >= 11 is 1.50. The Kier molecular flexibility index (Phi) is 4.18. The number of rotatable bonds is 3. The minimum atomic E-state index is -0.354. The van der Waals surface area contributed by atoms with E-state index in [-0.39, 0.29) is 24.0 Å². The highest BCUT2D eigenvalue weighted by atomic mass is 32.1. The number of hydrogen-bond donors (Lipinski definition) is 1. The first-order valence-electron chi connectivity index (χ1n) is 7.99. The van der Waals surface area contributed by atoms with Crippen LogP contribution in [0.1, 0.15) is 10.4 Å². The molecule has 1 aromatic heterocycles. The summed E-state index contributed by atoms with van der Waals surface area (Å²) < 4.78 is 19.9. The van der Waals surface area contributed by atoms with E-state index in [1.54, 1.807) is 42.5 Å². The van der Waals surface area contributed by atoms with Gasteiger partial charge in [0.05, 0.1) is 12.2 Å². The molecule has 0 saturated carbocycles.